The Kier molecular flexibility index (Phi) is 4.09. The third kappa shape index (κ3) is 2.95. The van der Waals surface area contributed by atoms with E-state index in [0.29, 0.717) is 5.57 Å². The zero-order chi connectivity index (χ0) is 7.98. The number of hydrogen-bond acceptors (Lipinski definition) is 2. The zero-order valence-corrected chi connectivity index (χ0v) is 6.05. The van der Waals surface area contributed by atoms with E-state index in [1.807, 2.05) is 6.92 Å². The Morgan fingerprint density at radius 1 is 1.70 bits per heavy atom. The molecule has 10 heavy (non-hydrogen) atoms. The molecule has 0 atom stereocenters. The van der Waals surface area contributed by atoms with E-state index in [2.05, 4.69) is 4.99 Å². The van der Waals surface area contributed by atoms with Gasteiger partial charge >= 0.3 is 0 Å². The highest BCUT2D eigenvalue weighted by atomic mass is 16.2. The van der Waals surface area contributed by atoms with Crippen molar-refractivity contribution < 1.29 is 9.59 Å². The number of rotatable bonds is 2. The van der Waals surface area contributed by atoms with Crippen molar-refractivity contribution in [2.75, 3.05) is 0 Å². The molecule has 0 aliphatic heterocycles. The molecule has 0 N–H and O–H groups in total. The number of carbonyl (C=O) groups excluding carboxylic acids is 2. The molecule has 0 aliphatic rings. The molecular formula is C7H9NO2. The standard InChI is InChI=1S/C7H9NO2/c1-3-4-6(2)7(10)8-5-9/h4H,3H2,1-2H3. The SMILES string of the molecule is CCC=C(C)C(=O)N=C=O. The largest absolute Gasteiger partial charge is 0.283 e. The van der Waals surface area contributed by atoms with Gasteiger partial charge < -0.3 is 0 Å². The maximum atomic E-state index is 10.6. The fourth-order valence-electron chi connectivity index (χ4n) is 0.523. The number of isocyanates is 1. The van der Waals surface area contributed by atoms with Gasteiger partial charge in [0.2, 0.25) is 6.08 Å². The van der Waals surface area contributed by atoms with Gasteiger partial charge in [-0.15, -0.1) is 4.99 Å². The maximum absolute atomic E-state index is 10.6. The van der Waals surface area contributed by atoms with Crippen molar-refractivity contribution in [2.45, 2.75) is 20.3 Å². The van der Waals surface area contributed by atoms with E-state index in [9.17, 15) is 9.59 Å². The van der Waals surface area contributed by atoms with Gasteiger partial charge in [0.05, 0.1) is 0 Å². The third-order valence-electron chi connectivity index (χ3n) is 0.995. The highest BCUT2D eigenvalue weighted by Gasteiger charge is 1.98. The molecule has 0 spiro atoms. The highest BCUT2D eigenvalue weighted by molar-refractivity contribution is 5.96. The molecule has 0 fully saturated rings. The number of carbonyl (C=O) groups is 1. The minimum absolute atomic E-state index is 0.492. The predicted octanol–water partition coefficient (Wildman–Crippen LogP) is 1.21. The van der Waals surface area contributed by atoms with Gasteiger partial charge in [0.15, 0.2) is 0 Å². The van der Waals surface area contributed by atoms with Gasteiger partial charge in [0.1, 0.15) is 0 Å². The highest BCUT2D eigenvalue weighted by Crippen LogP contribution is 1.96. The lowest BCUT2D eigenvalue weighted by molar-refractivity contribution is -0.114. The Hall–Kier alpha value is -1.21. The first-order valence-electron chi connectivity index (χ1n) is 3.01. The smallest absolute Gasteiger partial charge is 0.266 e. The van der Waals surface area contributed by atoms with E-state index < -0.39 is 5.91 Å². The van der Waals surface area contributed by atoms with Crippen LogP contribution in [0.25, 0.3) is 0 Å². The minimum Gasteiger partial charge on any atom is -0.266 e. The van der Waals surface area contributed by atoms with Gasteiger partial charge in [-0.05, 0) is 13.3 Å². The van der Waals surface area contributed by atoms with Crippen molar-refractivity contribution in [1.82, 2.24) is 0 Å². The summed E-state index contributed by atoms with van der Waals surface area (Å²) in [6.45, 7) is 3.52. The maximum Gasteiger partial charge on any atom is 0.283 e. The summed E-state index contributed by atoms with van der Waals surface area (Å²) in [6, 6.07) is 0. The van der Waals surface area contributed by atoms with Crippen LogP contribution in [0.1, 0.15) is 20.3 Å². The van der Waals surface area contributed by atoms with Crippen molar-refractivity contribution in [1.29, 1.82) is 0 Å². The molecule has 0 aliphatic carbocycles. The quantitative estimate of drug-likeness (QED) is 0.328. The summed E-state index contributed by atoms with van der Waals surface area (Å²) >= 11 is 0. The summed E-state index contributed by atoms with van der Waals surface area (Å²) in [5, 5.41) is 0. The fourth-order valence-corrected chi connectivity index (χ4v) is 0.523. The van der Waals surface area contributed by atoms with Crippen LogP contribution in [0.15, 0.2) is 16.6 Å². The molecule has 0 saturated heterocycles. The number of allylic oxidation sites excluding steroid dienone is 1. The summed E-state index contributed by atoms with van der Waals surface area (Å²) in [5.74, 6) is -0.503. The van der Waals surface area contributed by atoms with Crippen LogP contribution in [-0.2, 0) is 9.59 Å². The molecule has 0 unspecified atom stereocenters. The van der Waals surface area contributed by atoms with Crippen LogP contribution in [0, 0.1) is 0 Å². The second-order valence-corrected chi connectivity index (χ2v) is 1.80. The lowest BCUT2D eigenvalue weighted by Crippen LogP contribution is -1.93. The molecule has 0 aromatic carbocycles. The van der Waals surface area contributed by atoms with Gasteiger partial charge in [-0.3, -0.25) is 4.79 Å². The van der Waals surface area contributed by atoms with Crippen molar-refractivity contribution in [3.05, 3.63) is 11.6 Å². The lowest BCUT2D eigenvalue weighted by atomic mass is 10.2. The Morgan fingerprint density at radius 3 is 2.70 bits per heavy atom. The van der Waals surface area contributed by atoms with E-state index in [-0.39, 0.29) is 0 Å². The van der Waals surface area contributed by atoms with E-state index in [0.717, 1.165) is 6.42 Å². The molecular weight excluding hydrogens is 130 g/mol. The number of amides is 1. The van der Waals surface area contributed by atoms with Crippen molar-refractivity contribution >= 4 is 12.0 Å². The molecule has 3 nitrogen and oxygen atoms in total. The molecule has 0 heterocycles. The van der Waals surface area contributed by atoms with Gasteiger partial charge in [-0.1, -0.05) is 13.0 Å². The second-order valence-electron chi connectivity index (χ2n) is 1.80. The number of aliphatic imine (C=N–C) groups is 1. The van der Waals surface area contributed by atoms with E-state index in [4.69, 9.17) is 0 Å². The first-order valence-corrected chi connectivity index (χ1v) is 3.01. The number of nitrogens with zero attached hydrogens (tertiary/aromatic N) is 1. The average Bonchev–Trinajstić information content (AvgIpc) is 1.89. The zero-order valence-electron chi connectivity index (χ0n) is 6.05. The van der Waals surface area contributed by atoms with Crippen LogP contribution < -0.4 is 0 Å². The average molecular weight is 139 g/mol. The summed E-state index contributed by atoms with van der Waals surface area (Å²) in [5.41, 5.74) is 0.492. The molecule has 54 valence electrons. The Labute approximate surface area is 59.5 Å². The molecule has 0 aromatic rings. The Balaban J connectivity index is 4.21. The van der Waals surface area contributed by atoms with Crippen molar-refractivity contribution in [3.8, 4) is 0 Å². The van der Waals surface area contributed by atoms with Crippen molar-refractivity contribution in [2.24, 2.45) is 4.99 Å². The van der Waals surface area contributed by atoms with Crippen molar-refractivity contribution in [3.63, 3.8) is 0 Å². The lowest BCUT2D eigenvalue weighted by Gasteiger charge is -1.87. The van der Waals surface area contributed by atoms with Crippen LogP contribution in [-0.4, -0.2) is 12.0 Å². The summed E-state index contributed by atoms with van der Waals surface area (Å²) in [4.78, 5) is 23.2. The topological polar surface area (TPSA) is 46.5 Å². The first kappa shape index (κ1) is 8.79. The molecule has 0 aromatic heterocycles. The van der Waals surface area contributed by atoms with Crippen LogP contribution in [0.4, 0.5) is 0 Å². The molecule has 1 amide bonds. The van der Waals surface area contributed by atoms with E-state index in [1.165, 1.54) is 6.08 Å². The second kappa shape index (κ2) is 4.65. The van der Waals surface area contributed by atoms with Gasteiger partial charge in [0.25, 0.3) is 5.91 Å². The predicted molar refractivity (Wildman–Crippen MR) is 37.2 cm³/mol. The number of hydrogen-bond donors (Lipinski definition) is 0. The van der Waals surface area contributed by atoms with Gasteiger partial charge in [-0.25, -0.2) is 4.79 Å². The summed E-state index contributed by atoms with van der Waals surface area (Å²) < 4.78 is 0. The molecule has 0 saturated carbocycles. The normalized spacial score (nSPS) is 10.4. The first-order chi connectivity index (χ1) is 4.72. The van der Waals surface area contributed by atoms with E-state index >= 15 is 0 Å². The summed E-state index contributed by atoms with van der Waals surface area (Å²) in [6.07, 6.45) is 3.67. The molecule has 3 heteroatoms. The Bertz CT molecular complexity index is 200. The minimum atomic E-state index is -0.503. The van der Waals surface area contributed by atoms with Crippen LogP contribution in [0.2, 0.25) is 0 Å². The van der Waals surface area contributed by atoms with E-state index in [1.54, 1.807) is 13.0 Å². The third-order valence-corrected chi connectivity index (χ3v) is 0.995. The van der Waals surface area contributed by atoms with Gasteiger partial charge in [-0.2, -0.15) is 0 Å². The monoisotopic (exact) mass is 139 g/mol. The van der Waals surface area contributed by atoms with Crippen LogP contribution in [0.5, 0.6) is 0 Å². The Morgan fingerprint density at radius 2 is 2.30 bits per heavy atom. The van der Waals surface area contributed by atoms with Crippen LogP contribution >= 0.6 is 0 Å². The molecule has 0 rings (SSSR count). The van der Waals surface area contributed by atoms with Crippen LogP contribution in [0.3, 0.4) is 0 Å². The molecule has 0 radical (unpaired) electrons. The van der Waals surface area contributed by atoms with Gasteiger partial charge in [0, 0.05) is 5.57 Å². The molecule has 0 bridgehead atoms. The summed E-state index contributed by atoms with van der Waals surface area (Å²) in [7, 11) is 0. The fraction of sp³-hybridized carbons (Fsp3) is 0.429.